The number of halogens is 2. The molecule has 0 atom stereocenters. The van der Waals surface area contributed by atoms with Gasteiger partial charge in [0.1, 0.15) is 23.9 Å². The van der Waals surface area contributed by atoms with Crippen molar-refractivity contribution in [2.24, 2.45) is 5.92 Å². The predicted molar refractivity (Wildman–Crippen MR) is 109 cm³/mol. The van der Waals surface area contributed by atoms with Crippen molar-refractivity contribution in [2.45, 2.75) is 26.8 Å². The second-order valence-corrected chi connectivity index (χ2v) is 7.45. The number of anilines is 1. The van der Waals surface area contributed by atoms with E-state index in [4.69, 9.17) is 4.42 Å². The van der Waals surface area contributed by atoms with Crippen LogP contribution >= 0.6 is 0 Å². The highest BCUT2D eigenvalue weighted by molar-refractivity contribution is 5.93. The van der Waals surface area contributed by atoms with Crippen LogP contribution in [0.4, 0.5) is 14.5 Å². The van der Waals surface area contributed by atoms with Crippen molar-refractivity contribution in [2.75, 3.05) is 5.32 Å². The number of nitrogens with zero attached hydrogens (tertiary/aromatic N) is 3. The van der Waals surface area contributed by atoms with Crippen molar-refractivity contribution < 1.29 is 18.0 Å². The van der Waals surface area contributed by atoms with Crippen LogP contribution in [0.15, 0.2) is 52.9 Å². The Morgan fingerprint density at radius 1 is 1.13 bits per heavy atom. The van der Waals surface area contributed by atoms with Gasteiger partial charge in [0.05, 0.1) is 5.69 Å². The van der Waals surface area contributed by atoms with E-state index in [1.807, 2.05) is 30.3 Å². The van der Waals surface area contributed by atoms with Gasteiger partial charge in [0, 0.05) is 23.4 Å². The number of para-hydroxylation sites is 1. The molecule has 0 radical (unpaired) electrons. The maximum atomic E-state index is 13.9. The van der Waals surface area contributed by atoms with E-state index in [9.17, 15) is 13.6 Å². The van der Waals surface area contributed by atoms with Gasteiger partial charge in [-0.3, -0.25) is 4.79 Å². The summed E-state index contributed by atoms with van der Waals surface area (Å²) in [5, 5.41) is 11.6. The molecule has 0 spiro atoms. The normalized spacial score (nSPS) is 11.4. The first kappa shape index (κ1) is 19.8. The van der Waals surface area contributed by atoms with Crippen molar-refractivity contribution in [3.8, 4) is 11.6 Å². The van der Waals surface area contributed by atoms with Gasteiger partial charge in [-0.2, -0.15) is 0 Å². The Bertz CT molecular complexity index is 1210. The van der Waals surface area contributed by atoms with Gasteiger partial charge in [-0.1, -0.05) is 32.0 Å². The minimum atomic E-state index is -0.837. The molecule has 6 nitrogen and oxygen atoms in total. The van der Waals surface area contributed by atoms with Crippen LogP contribution in [0.5, 0.6) is 0 Å². The minimum Gasteiger partial charge on any atom is -0.419 e. The molecule has 1 N–H and O–H groups in total. The maximum Gasteiger partial charge on any atom is 0.264 e. The number of carbonyl (C=O) groups is 1. The Kier molecular flexibility index (Phi) is 5.31. The van der Waals surface area contributed by atoms with Gasteiger partial charge in [0.2, 0.25) is 11.8 Å². The van der Waals surface area contributed by atoms with Crippen LogP contribution < -0.4 is 5.32 Å². The fourth-order valence-electron chi connectivity index (χ4n) is 3.27. The van der Waals surface area contributed by atoms with Crippen LogP contribution in [-0.2, 0) is 17.8 Å². The first-order valence-corrected chi connectivity index (χ1v) is 9.56. The van der Waals surface area contributed by atoms with Crippen LogP contribution in [0, 0.1) is 17.6 Å². The van der Waals surface area contributed by atoms with Crippen molar-refractivity contribution in [3.05, 3.63) is 66.1 Å². The monoisotopic (exact) mass is 410 g/mol. The highest BCUT2D eigenvalue weighted by Gasteiger charge is 2.19. The number of hydrogen-bond donors (Lipinski definition) is 1. The molecule has 0 aliphatic rings. The van der Waals surface area contributed by atoms with Gasteiger partial charge in [-0.05, 0) is 30.2 Å². The number of amides is 1. The van der Waals surface area contributed by atoms with E-state index < -0.39 is 17.5 Å². The summed E-state index contributed by atoms with van der Waals surface area (Å²) in [5.74, 6) is -0.822. The third-order valence-corrected chi connectivity index (χ3v) is 4.59. The Hall–Kier alpha value is -3.55. The molecule has 154 valence electrons. The molecule has 0 aliphatic carbocycles. The topological polar surface area (TPSA) is 73.0 Å². The molecule has 0 aliphatic heterocycles. The maximum absolute atomic E-state index is 13.9. The summed E-state index contributed by atoms with van der Waals surface area (Å²) in [6, 6.07) is 12.4. The van der Waals surface area contributed by atoms with E-state index in [1.165, 1.54) is 6.07 Å². The van der Waals surface area contributed by atoms with E-state index >= 15 is 0 Å². The number of nitrogens with one attached hydrogen (secondary N) is 1. The van der Waals surface area contributed by atoms with Gasteiger partial charge in [-0.15, -0.1) is 10.2 Å². The van der Waals surface area contributed by atoms with Gasteiger partial charge >= 0.3 is 0 Å². The molecule has 2 aromatic heterocycles. The van der Waals surface area contributed by atoms with Gasteiger partial charge in [0.25, 0.3) is 5.89 Å². The molecule has 0 saturated carbocycles. The molecule has 0 unspecified atom stereocenters. The van der Waals surface area contributed by atoms with Crippen LogP contribution in [0.1, 0.15) is 19.7 Å². The summed E-state index contributed by atoms with van der Waals surface area (Å²) in [5.41, 5.74) is 1.30. The quantitative estimate of drug-likeness (QED) is 0.495. The summed E-state index contributed by atoms with van der Waals surface area (Å²) in [7, 11) is 0. The highest BCUT2D eigenvalue weighted by atomic mass is 19.1. The number of rotatable bonds is 6. The molecule has 30 heavy (non-hydrogen) atoms. The Morgan fingerprint density at radius 3 is 2.70 bits per heavy atom. The fourth-order valence-corrected chi connectivity index (χ4v) is 3.27. The first-order valence-electron chi connectivity index (χ1n) is 9.56. The van der Waals surface area contributed by atoms with Crippen molar-refractivity contribution >= 4 is 22.5 Å². The van der Waals surface area contributed by atoms with E-state index in [0.717, 1.165) is 23.0 Å². The molecule has 2 heterocycles. The lowest BCUT2D eigenvalue weighted by molar-refractivity contribution is -0.116. The minimum absolute atomic E-state index is 0.0866. The Morgan fingerprint density at radius 2 is 1.93 bits per heavy atom. The zero-order valence-corrected chi connectivity index (χ0v) is 16.5. The summed E-state index contributed by atoms with van der Waals surface area (Å²) < 4.78 is 34.5. The molecular formula is C22H20F2N4O2. The standard InChI is InChI=1S/C22H20F2N4O2/c1-13(2)9-21-26-27-22(30-21)19-10-14-5-3-4-6-18(14)28(19)12-20(29)25-17-8-7-15(23)11-16(17)24/h3-8,10-11,13H,9,12H2,1-2H3,(H,25,29). The van der Waals surface area contributed by atoms with Crippen molar-refractivity contribution in [1.29, 1.82) is 0 Å². The molecule has 1 amide bonds. The van der Waals surface area contributed by atoms with Gasteiger partial charge in [-0.25, -0.2) is 8.78 Å². The van der Waals surface area contributed by atoms with Crippen LogP contribution in [0.25, 0.3) is 22.5 Å². The zero-order valence-electron chi connectivity index (χ0n) is 16.5. The Labute approximate surface area is 171 Å². The average molecular weight is 410 g/mol. The van der Waals surface area contributed by atoms with E-state index in [1.54, 1.807) is 4.57 Å². The summed E-state index contributed by atoms with van der Waals surface area (Å²) in [4.78, 5) is 12.6. The second-order valence-electron chi connectivity index (χ2n) is 7.45. The van der Waals surface area contributed by atoms with Crippen LogP contribution in [0.3, 0.4) is 0 Å². The molecule has 8 heteroatoms. The fraction of sp³-hybridized carbons (Fsp3) is 0.227. The number of hydrogen-bond acceptors (Lipinski definition) is 4. The van der Waals surface area contributed by atoms with E-state index in [0.29, 0.717) is 29.8 Å². The molecular weight excluding hydrogens is 390 g/mol. The third-order valence-electron chi connectivity index (χ3n) is 4.59. The second kappa shape index (κ2) is 8.06. The number of benzene rings is 2. The van der Waals surface area contributed by atoms with E-state index in [2.05, 4.69) is 29.4 Å². The summed E-state index contributed by atoms with van der Waals surface area (Å²) in [6.45, 7) is 4.00. The first-order chi connectivity index (χ1) is 14.4. The predicted octanol–water partition coefficient (Wildman–Crippen LogP) is 4.81. The lowest BCUT2D eigenvalue weighted by atomic mass is 10.1. The molecule has 2 aromatic carbocycles. The molecule has 0 fully saturated rings. The van der Waals surface area contributed by atoms with Gasteiger partial charge in [0.15, 0.2) is 0 Å². The number of aromatic nitrogens is 3. The highest BCUT2D eigenvalue weighted by Crippen LogP contribution is 2.28. The smallest absolute Gasteiger partial charge is 0.264 e. The third kappa shape index (κ3) is 4.07. The lowest BCUT2D eigenvalue weighted by Gasteiger charge is -2.10. The molecule has 4 rings (SSSR count). The lowest BCUT2D eigenvalue weighted by Crippen LogP contribution is -2.20. The average Bonchev–Trinajstić information content (AvgIpc) is 3.28. The van der Waals surface area contributed by atoms with E-state index in [-0.39, 0.29) is 12.2 Å². The van der Waals surface area contributed by atoms with Crippen LogP contribution in [-0.4, -0.2) is 20.7 Å². The van der Waals surface area contributed by atoms with Gasteiger partial charge < -0.3 is 14.3 Å². The summed E-state index contributed by atoms with van der Waals surface area (Å²) in [6.07, 6.45) is 0.650. The molecule has 0 bridgehead atoms. The number of carbonyl (C=O) groups excluding carboxylic acids is 1. The molecule has 4 aromatic rings. The Balaban J connectivity index is 1.66. The zero-order chi connectivity index (χ0) is 21.3. The van der Waals surface area contributed by atoms with Crippen molar-refractivity contribution in [3.63, 3.8) is 0 Å². The largest absolute Gasteiger partial charge is 0.419 e. The van der Waals surface area contributed by atoms with Crippen LogP contribution in [0.2, 0.25) is 0 Å². The SMILES string of the molecule is CC(C)Cc1nnc(-c2cc3ccccc3n2CC(=O)Nc2ccc(F)cc2F)o1. The number of fused-ring (bicyclic) bond motifs is 1. The summed E-state index contributed by atoms with van der Waals surface area (Å²) >= 11 is 0. The van der Waals surface area contributed by atoms with Crippen molar-refractivity contribution in [1.82, 2.24) is 14.8 Å². The molecule has 0 saturated heterocycles.